The van der Waals surface area contributed by atoms with Crippen LogP contribution in [0.1, 0.15) is 51.5 Å². The van der Waals surface area contributed by atoms with E-state index in [0.717, 1.165) is 24.2 Å². The summed E-state index contributed by atoms with van der Waals surface area (Å²) in [6, 6.07) is 8.95. The lowest BCUT2D eigenvalue weighted by Crippen LogP contribution is -2.54. The maximum Gasteiger partial charge on any atom is 0.119 e. The van der Waals surface area contributed by atoms with Gasteiger partial charge in [-0.15, -0.1) is 0 Å². The van der Waals surface area contributed by atoms with E-state index < -0.39 is 5.60 Å². The van der Waals surface area contributed by atoms with E-state index in [1.54, 1.807) is 0 Å². The molecule has 1 aromatic carbocycles. The van der Waals surface area contributed by atoms with Gasteiger partial charge in [-0.05, 0) is 57.2 Å². The van der Waals surface area contributed by atoms with Crippen molar-refractivity contribution in [3.63, 3.8) is 0 Å². The van der Waals surface area contributed by atoms with Crippen LogP contribution in [0.3, 0.4) is 0 Å². The molecule has 0 radical (unpaired) electrons. The number of hydrogen-bond acceptors (Lipinski definition) is 3. The topological polar surface area (TPSA) is 41.5 Å². The third-order valence-corrected chi connectivity index (χ3v) is 4.51. The van der Waals surface area contributed by atoms with E-state index in [-0.39, 0.29) is 6.10 Å². The summed E-state index contributed by atoms with van der Waals surface area (Å²) in [4.78, 5) is 0. The standard InChI is InChI=1S/C17H25NO2/c1-12(2)20-16-8-6-13(7-9-16)17(19)10-14-4-3-5-15(11-17)18-14/h6-9,12,14-15,18-19H,3-5,10-11H2,1-2H3. The van der Waals surface area contributed by atoms with Crippen molar-refractivity contribution in [2.45, 2.75) is 69.7 Å². The molecule has 2 aliphatic heterocycles. The second-order valence-corrected chi connectivity index (χ2v) is 6.62. The summed E-state index contributed by atoms with van der Waals surface area (Å²) < 4.78 is 5.67. The summed E-state index contributed by atoms with van der Waals surface area (Å²) in [5.74, 6) is 0.876. The molecular weight excluding hydrogens is 250 g/mol. The van der Waals surface area contributed by atoms with Crippen LogP contribution >= 0.6 is 0 Å². The first-order chi connectivity index (χ1) is 9.55. The van der Waals surface area contributed by atoms with E-state index in [1.807, 2.05) is 38.1 Å². The normalized spacial score (nSPS) is 33.2. The van der Waals surface area contributed by atoms with Crippen LogP contribution < -0.4 is 10.1 Å². The second kappa shape index (κ2) is 5.38. The van der Waals surface area contributed by atoms with Gasteiger partial charge in [-0.25, -0.2) is 0 Å². The first-order valence-electron chi connectivity index (χ1n) is 7.81. The molecule has 2 unspecified atom stereocenters. The zero-order chi connectivity index (χ0) is 14.2. The molecule has 2 saturated heterocycles. The first kappa shape index (κ1) is 13.9. The van der Waals surface area contributed by atoms with E-state index in [4.69, 9.17) is 4.74 Å². The number of piperidine rings is 2. The van der Waals surface area contributed by atoms with Crippen LogP contribution in [-0.4, -0.2) is 23.3 Å². The molecule has 0 aromatic heterocycles. The SMILES string of the molecule is CC(C)Oc1ccc(C2(O)CC3CCCC(C2)N3)cc1. The molecule has 2 bridgehead atoms. The van der Waals surface area contributed by atoms with Gasteiger partial charge in [0.1, 0.15) is 5.75 Å². The molecule has 3 rings (SSSR count). The van der Waals surface area contributed by atoms with Gasteiger partial charge in [0, 0.05) is 12.1 Å². The highest BCUT2D eigenvalue weighted by molar-refractivity contribution is 5.32. The number of fused-ring (bicyclic) bond motifs is 2. The monoisotopic (exact) mass is 275 g/mol. The molecule has 0 saturated carbocycles. The van der Waals surface area contributed by atoms with Gasteiger partial charge in [0.05, 0.1) is 11.7 Å². The summed E-state index contributed by atoms with van der Waals surface area (Å²) in [5.41, 5.74) is 0.365. The zero-order valence-electron chi connectivity index (χ0n) is 12.4. The molecule has 2 heterocycles. The van der Waals surface area contributed by atoms with Gasteiger partial charge in [0.2, 0.25) is 0 Å². The Kier molecular flexibility index (Phi) is 3.74. The van der Waals surface area contributed by atoms with Gasteiger partial charge in [-0.3, -0.25) is 0 Å². The number of nitrogens with one attached hydrogen (secondary N) is 1. The largest absolute Gasteiger partial charge is 0.491 e. The van der Waals surface area contributed by atoms with Gasteiger partial charge in [-0.1, -0.05) is 18.6 Å². The highest BCUT2D eigenvalue weighted by Gasteiger charge is 2.41. The van der Waals surface area contributed by atoms with Crippen molar-refractivity contribution in [2.75, 3.05) is 0 Å². The number of benzene rings is 1. The maximum atomic E-state index is 11.0. The van der Waals surface area contributed by atoms with Crippen LogP contribution in [-0.2, 0) is 5.60 Å². The Morgan fingerprint density at radius 3 is 2.30 bits per heavy atom. The maximum absolute atomic E-state index is 11.0. The highest BCUT2D eigenvalue weighted by atomic mass is 16.5. The fourth-order valence-electron chi connectivity index (χ4n) is 3.68. The smallest absolute Gasteiger partial charge is 0.119 e. The predicted molar refractivity (Wildman–Crippen MR) is 79.9 cm³/mol. The molecule has 0 amide bonds. The molecule has 2 atom stereocenters. The van der Waals surface area contributed by atoms with Crippen molar-refractivity contribution >= 4 is 0 Å². The zero-order valence-corrected chi connectivity index (χ0v) is 12.4. The van der Waals surface area contributed by atoms with Crippen LogP contribution in [0.5, 0.6) is 5.75 Å². The van der Waals surface area contributed by atoms with Crippen LogP contribution in [0.4, 0.5) is 0 Å². The van der Waals surface area contributed by atoms with Crippen LogP contribution in [0.15, 0.2) is 24.3 Å². The van der Waals surface area contributed by atoms with Crippen molar-refractivity contribution < 1.29 is 9.84 Å². The average Bonchev–Trinajstić information content (AvgIpc) is 2.38. The number of rotatable bonds is 3. The molecule has 2 aliphatic rings. The predicted octanol–water partition coefficient (Wildman–Crippen LogP) is 2.97. The van der Waals surface area contributed by atoms with Crippen molar-refractivity contribution in [1.82, 2.24) is 5.32 Å². The van der Waals surface area contributed by atoms with Crippen molar-refractivity contribution in [3.8, 4) is 5.75 Å². The van der Waals surface area contributed by atoms with E-state index in [1.165, 1.54) is 19.3 Å². The lowest BCUT2D eigenvalue weighted by Gasteiger charge is -2.45. The summed E-state index contributed by atoms with van der Waals surface area (Å²) in [5, 5.41) is 14.7. The van der Waals surface area contributed by atoms with Crippen LogP contribution in [0, 0.1) is 0 Å². The van der Waals surface area contributed by atoms with Gasteiger partial charge >= 0.3 is 0 Å². The van der Waals surface area contributed by atoms with Crippen molar-refractivity contribution in [3.05, 3.63) is 29.8 Å². The Morgan fingerprint density at radius 1 is 1.15 bits per heavy atom. The summed E-state index contributed by atoms with van der Waals surface area (Å²) in [7, 11) is 0. The fourth-order valence-corrected chi connectivity index (χ4v) is 3.68. The van der Waals surface area contributed by atoms with Crippen LogP contribution in [0.2, 0.25) is 0 Å². The minimum Gasteiger partial charge on any atom is -0.491 e. The van der Waals surface area contributed by atoms with E-state index in [9.17, 15) is 5.11 Å². The third-order valence-electron chi connectivity index (χ3n) is 4.51. The quantitative estimate of drug-likeness (QED) is 0.891. The fraction of sp³-hybridized carbons (Fsp3) is 0.647. The number of aliphatic hydroxyl groups is 1. The lowest BCUT2D eigenvalue weighted by atomic mass is 9.74. The van der Waals surface area contributed by atoms with E-state index >= 15 is 0 Å². The van der Waals surface area contributed by atoms with Gasteiger partial charge in [0.25, 0.3) is 0 Å². The average molecular weight is 275 g/mol. The molecule has 3 nitrogen and oxygen atoms in total. The van der Waals surface area contributed by atoms with Gasteiger partial charge < -0.3 is 15.2 Å². The molecule has 110 valence electrons. The summed E-state index contributed by atoms with van der Waals surface area (Å²) >= 11 is 0. The number of hydrogen-bond donors (Lipinski definition) is 2. The summed E-state index contributed by atoms with van der Waals surface area (Å²) in [6.07, 6.45) is 5.50. The van der Waals surface area contributed by atoms with Gasteiger partial charge in [-0.2, -0.15) is 0 Å². The third kappa shape index (κ3) is 2.84. The highest BCUT2D eigenvalue weighted by Crippen LogP contribution is 2.39. The summed E-state index contributed by atoms with van der Waals surface area (Å²) in [6.45, 7) is 4.05. The van der Waals surface area contributed by atoms with Crippen molar-refractivity contribution in [1.29, 1.82) is 0 Å². The molecule has 0 aliphatic carbocycles. The molecule has 3 heteroatoms. The van der Waals surface area contributed by atoms with E-state index in [2.05, 4.69) is 5.32 Å². The van der Waals surface area contributed by atoms with E-state index in [0.29, 0.717) is 12.1 Å². The first-order valence-corrected chi connectivity index (χ1v) is 7.81. The second-order valence-electron chi connectivity index (χ2n) is 6.62. The lowest BCUT2D eigenvalue weighted by molar-refractivity contribution is -0.0359. The molecule has 20 heavy (non-hydrogen) atoms. The Labute approximate surface area is 121 Å². The molecular formula is C17H25NO2. The van der Waals surface area contributed by atoms with Crippen LogP contribution in [0.25, 0.3) is 0 Å². The Hall–Kier alpha value is -1.06. The number of ether oxygens (including phenoxy) is 1. The Bertz CT molecular complexity index is 443. The minimum absolute atomic E-state index is 0.183. The Morgan fingerprint density at radius 2 is 1.75 bits per heavy atom. The van der Waals surface area contributed by atoms with Gasteiger partial charge in [0.15, 0.2) is 0 Å². The molecule has 2 N–H and O–H groups in total. The molecule has 2 fully saturated rings. The Balaban J connectivity index is 1.77. The molecule has 1 aromatic rings. The van der Waals surface area contributed by atoms with Crippen molar-refractivity contribution in [2.24, 2.45) is 0 Å². The minimum atomic E-state index is -0.669. The molecule has 0 spiro atoms.